The number of hydrogen-bond donors (Lipinski definition) is 1. The number of hydrogen-bond acceptors (Lipinski definition) is 4. The number of pyridine rings is 1. The van der Waals surface area contributed by atoms with E-state index in [4.69, 9.17) is 5.11 Å². The van der Waals surface area contributed by atoms with E-state index in [0.717, 1.165) is 4.31 Å². The highest BCUT2D eigenvalue weighted by molar-refractivity contribution is 9.10. The van der Waals surface area contributed by atoms with Crippen molar-refractivity contribution in [1.29, 1.82) is 0 Å². The molecular weight excluding hydrogens is 336 g/mol. The van der Waals surface area contributed by atoms with Gasteiger partial charge in [-0.05, 0) is 22.0 Å². The average Bonchev–Trinajstić information content (AvgIpc) is 2.35. The van der Waals surface area contributed by atoms with E-state index >= 15 is 0 Å². The Morgan fingerprint density at radius 1 is 1.53 bits per heavy atom. The van der Waals surface area contributed by atoms with Crippen LogP contribution in [0.3, 0.4) is 0 Å². The van der Waals surface area contributed by atoms with Crippen molar-refractivity contribution in [2.75, 3.05) is 13.1 Å². The molecule has 1 N–H and O–H groups in total. The monoisotopic (exact) mass is 350 g/mol. The van der Waals surface area contributed by atoms with Gasteiger partial charge in [0.25, 0.3) is 0 Å². The lowest BCUT2D eigenvalue weighted by Crippen LogP contribution is -2.36. The van der Waals surface area contributed by atoms with E-state index in [0.29, 0.717) is 4.47 Å². The van der Waals surface area contributed by atoms with Gasteiger partial charge in [-0.25, -0.2) is 8.42 Å². The van der Waals surface area contributed by atoms with E-state index < -0.39 is 21.9 Å². The van der Waals surface area contributed by atoms with Crippen LogP contribution in [0.2, 0.25) is 0 Å². The summed E-state index contributed by atoms with van der Waals surface area (Å²) >= 11 is 3.16. The fourth-order valence-corrected chi connectivity index (χ4v) is 3.51. The predicted molar refractivity (Wildman–Crippen MR) is 73.2 cm³/mol. The minimum Gasteiger partial charge on any atom is -0.481 e. The Bertz CT molecular complexity index is 562. The fraction of sp³-hybridized carbons (Fsp3) is 0.455. The van der Waals surface area contributed by atoms with Crippen LogP contribution in [-0.2, 0) is 14.8 Å². The first-order valence-corrected chi connectivity index (χ1v) is 7.85. The van der Waals surface area contributed by atoms with Crippen molar-refractivity contribution in [3.8, 4) is 0 Å². The number of rotatable bonds is 6. The molecule has 19 heavy (non-hydrogen) atoms. The number of carboxylic acid groups (broad SMARTS) is 1. The fourth-order valence-electron chi connectivity index (χ4n) is 1.46. The lowest BCUT2D eigenvalue weighted by molar-refractivity contribution is -0.141. The molecular formula is C11H15BrN2O4S. The van der Waals surface area contributed by atoms with Crippen molar-refractivity contribution in [3.63, 3.8) is 0 Å². The minimum absolute atomic E-state index is 0.0429. The number of aliphatic carboxylic acids is 1. The molecule has 0 spiro atoms. The molecule has 0 aromatic carbocycles. The quantitative estimate of drug-likeness (QED) is 0.841. The van der Waals surface area contributed by atoms with Crippen LogP contribution in [-0.4, -0.2) is 41.9 Å². The number of sulfonamides is 1. The van der Waals surface area contributed by atoms with Crippen molar-refractivity contribution in [3.05, 3.63) is 22.9 Å². The summed E-state index contributed by atoms with van der Waals surface area (Å²) in [4.78, 5) is 14.7. The highest BCUT2D eigenvalue weighted by Gasteiger charge is 2.27. The smallest absolute Gasteiger partial charge is 0.307 e. The third-order valence-corrected chi connectivity index (χ3v) is 4.91. The predicted octanol–water partition coefficient (Wildman–Crippen LogP) is 1.58. The Morgan fingerprint density at radius 2 is 2.16 bits per heavy atom. The molecule has 106 valence electrons. The van der Waals surface area contributed by atoms with Crippen LogP contribution in [0.25, 0.3) is 0 Å². The van der Waals surface area contributed by atoms with E-state index in [1.165, 1.54) is 25.4 Å². The Balaban J connectivity index is 3.06. The Hall–Kier alpha value is -0.990. The average molecular weight is 351 g/mol. The van der Waals surface area contributed by atoms with Crippen LogP contribution in [0.4, 0.5) is 0 Å². The van der Waals surface area contributed by atoms with Crippen molar-refractivity contribution in [1.82, 2.24) is 9.29 Å². The summed E-state index contributed by atoms with van der Waals surface area (Å²) in [6, 6.07) is 1.44. The highest BCUT2D eigenvalue weighted by atomic mass is 79.9. The van der Waals surface area contributed by atoms with Gasteiger partial charge in [-0.1, -0.05) is 13.8 Å². The van der Waals surface area contributed by atoms with Crippen LogP contribution in [0.1, 0.15) is 13.8 Å². The molecule has 0 saturated heterocycles. The molecule has 0 aliphatic carbocycles. The van der Waals surface area contributed by atoms with Crippen LogP contribution in [0.5, 0.6) is 0 Å². The van der Waals surface area contributed by atoms with Crippen molar-refractivity contribution in [2.24, 2.45) is 5.92 Å². The lowest BCUT2D eigenvalue weighted by atomic mass is 10.2. The molecule has 0 aliphatic heterocycles. The van der Waals surface area contributed by atoms with Crippen molar-refractivity contribution in [2.45, 2.75) is 18.7 Å². The Labute approximate surface area is 120 Å². The van der Waals surface area contributed by atoms with Gasteiger partial charge >= 0.3 is 5.97 Å². The first-order valence-electron chi connectivity index (χ1n) is 5.62. The van der Waals surface area contributed by atoms with Gasteiger partial charge in [0.2, 0.25) is 10.0 Å². The van der Waals surface area contributed by atoms with Gasteiger partial charge in [0.05, 0.1) is 5.92 Å². The third kappa shape index (κ3) is 3.99. The molecule has 1 atom stereocenters. The van der Waals surface area contributed by atoms with E-state index in [2.05, 4.69) is 20.9 Å². The molecule has 1 heterocycles. The van der Waals surface area contributed by atoms with E-state index in [9.17, 15) is 13.2 Å². The number of aromatic nitrogens is 1. The van der Waals surface area contributed by atoms with Crippen LogP contribution < -0.4 is 0 Å². The lowest BCUT2D eigenvalue weighted by Gasteiger charge is -2.22. The molecule has 0 radical (unpaired) electrons. The Kier molecular flexibility index (Phi) is 5.45. The maximum absolute atomic E-state index is 12.3. The van der Waals surface area contributed by atoms with Gasteiger partial charge in [0.1, 0.15) is 4.90 Å². The van der Waals surface area contributed by atoms with Crippen LogP contribution in [0, 0.1) is 5.92 Å². The second kappa shape index (κ2) is 6.44. The third-order valence-electron chi connectivity index (χ3n) is 2.57. The van der Waals surface area contributed by atoms with Gasteiger partial charge in [-0.2, -0.15) is 4.31 Å². The molecule has 8 heteroatoms. The van der Waals surface area contributed by atoms with Gasteiger partial charge in [-0.15, -0.1) is 0 Å². The first kappa shape index (κ1) is 16.1. The zero-order valence-electron chi connectivity index (χ0n) is 10.6. The van der Waals surface area contributed by atoms with E-state index in [1.807, 2.05) is 0 Å². The number of nitrogens with zero attached hydrogens (tertiary/aromatic N) is 2. The van der Waals surface area contributed by atoms with Gasteiger partial charge in [-0.3, -0.25) is 9.78 Å². The molecule has 6 nitrogen and oxygen atoms in total. The molecule has 0 aliphatic rings. The van der Waals surface area contributed by atoms with Crippen molar-refractivity contribution < 1.29 is 18.3 Å². The topological polar surface area (TPSA) is 87.6 Å². The summed E-state index contributed by atoms with van der Waals surface area (Å²) < 4.78 is 26.4. The summed E-state index contributed by atoms with van der Waals surface area (Å²) in [6.45, 7) is 3.27. The SMILES string of the molecule is CCN(CC(C)C(=O)O)S(=O)(=O)c1cncc(Br)c1. The van der Waals surface area contributed by atoms with E-state index in [1.54, 1.807) is 6.92 Å². The number of carbonyl (C=O) groups is 1. The second-order valence-electron chi connectivity index (χ2n) is 4.03. The first-order chi connectivity index (χ1) is 8.78. The van der Waals surface area contributed by atoms with Crippen molar-refractivity contribution >= 4 is 31.9 Å². The highest BCUT2D eigenvalue weighted by Crippen LogP contribution is 2.19. The van der Waals surface area contributed by atoms with Gasteiger partial charge in [0, 0.05) is 30.0 Å². The summed E-state index contributed by atoms with van der Waals surface area (Å²) in [7, 11) is -3.72. The number of halogens is 1. The second-order valence-corrected chi connectivity index (χ2v) is 6.89. The number of carboxylic acids is 1. The van der Waals surface area contributed by atoms with Crippen LogP contribution in [0.15, 0.2) is 27.8 Å². The molecule has 0 fully saturated rings. The molecule has 0 amide bonds. The maximum atomic E-state index is 12.3. The standard InChI is InChI=1S/C11H15BrN2O4S/c1-3-14(7-8(2)11(15)16)19(17,18)10-4-9(12)5-13-6-10/h4-6,8H,3,7H2,1-2H3,(H,15,16). The molecule has 1 aromatic rings. The summed E-state index contributed by atoms with van der Waals surface area (Å²) in [5, 5.41) is 8.87. The van der Waals surface area contributed by atoms with E-state index in [-0.39, 0.29) is 18.0 Å². The van der Waals surface area contributed by atoms with Gasteiger partial charge < -0.3 is 5.11 Å². The maximum Gasteiger partial charge on any atom is 0.307 e. The largest absolute Gasteiger partial charge is 0.481 e. The minimum atomic E-state index is -3.72. The Morgan fingerprint density at radius 3 is 2.63 bits per heavy atom. The molecule has 1 unspecified atom stereocenters. The molecule has 1 aromatic heterocycles. The van der Waals surface area contributed by atoms with Gasteiger partial charge in [0.15, 0.2) is 0 Å². The normalized spacial score (nSPS) is 13.5. The van der Waals surface area contributed by atoms with Crippen LogP contribution >= 0.6 is 15.9 Å². The zero-order valence-corrected chi connectivity index (χ0v) is 13.0. The molecule has 0 saturated carbocycles. The summed E-state index contributed by atoms with van der Waals surface area (Å²) in [5.41, 5.74) is 0. The zero-order chi connectivity index (χ0) is 14.6. The molecule has 1 rings (SSSR count). The molecule has 0 bridgehead atoms. The summed E-state index contributed by atoms with van der Waals surface area (Å²) in [5.74, 6) is -1.80. The summed E-state index contributed by atoms with van der Waals surface area (Å²) in [6.07, 6.45) is 2.73.